The monoisotopic (exact) mass is 354 g/mol. The molecule has 2 amide bonds. The molecular weight excluding hydrogens is 328 g/mol. The fourth-order valence-electron chi connectivity index (χ4n) is 2.95. The van der Waals surface area contributed by atoms with Crippen LogP contribution in [-0.2, 0) is 11.2 Å². The van der Waals surface area contributed by atoms with E-state index in [9.17, 15) is 9.59 Å². The summed E-state index contributed by atoms with van der Waals surface area (Å²) in [6.45, 7) is 6.03. The highest BCUT2D eigenvalue weighted by Gasteiger charge is 2.35. The van der Waals surface area contributed by atoms with Gasteiger partial charge in [0.15, 0.2) is 0 Å². The van der Waals surface area contributed by atoms with Gasteiger partial charge in [0.2, 0.25) is 0 Å². The summed E-state index contributed by atoms with van der Waals surface area (Å²) < 4.78 is 0. The van der Waals surface area contributed by atoms with Crippen molar-refractivity contribution in [3.8, 4) is 0 Å². The first kappa shape index (κ1) is 18.7. The number of carbonyl (C=O) groups is 2. The van der Waals surface area contributed by atoms with Crippen LogP contribution in [0.4, 0.5) is 4.79 Å². The van der Waals surface area contributed by atoms with Gasteiger partial charge in [-0.15, -0.1) is 11.3 Å². The molecule has 0 spiro atoms. The summed E-state index contributed by atoms with van der Waals surface area (Å²) in [5.41, 5.74) is 0. The lowest BCUT2D eigenvalue weighted by Crippen LogP contribution is -2.57. The number of carboxylic acids is 1. The van der Waals surface area contributed by atoms with Crippen LogP contribution in [0, 0.1) is 0 Å². The largest absolute Gasteiger partial charge is 0.480 e. The predicted octanol–water partition coefficient (Wildman–Crippen LogP) is 1.65. The molecule has 1 saturated carbocycles. The minimum Gasteiger partial charge on any atom is -0.480 e. The van der Waals surface area contributed by atoms with Gasteiger partial charge in [-0.1, -0.05) is 6.92 Å². The number of carbonyl (C=O) groups excluding carboxylic acids is 1. The van der Waals surface area contributed by atoms with Crippen LogP contribution in [0.2, 0.25) is 0 Å². The van der Waals surface area contributed by atoms with Crippen molar-refractivity contribution < 1.29 is 14.7 Å². The number of thiazole rings is 1. The van der Waals surface area contributed by atoms with Gasteiger partial charge in [0.05, 0.1) is 11.6 Å². The number of urea groups is 1. The molecule has 1 fully saturated rings. The minimum atomic E-state index is -0.802. The number of rotatable bonds is 9. The number of hydrogen-bond acceptors (Lipinski definition) is 5. The average Bonchev–Trinajstić information content (AvgIpc) is 3.02. The average molecular weight is 354 g/mol. The maximum Gasteiger partial charge on any atom is 0.317 e. The number of nitrogens with zero attached hydrogens (tertiary/aromatic N) is 3. The lowest BCUT2D eigenvalue weighted by atomic mass is 9.85. The van der Waals surface area contributed by atoms with Gasteiger partial charge in [-0.3, -0.25) is 9.69 Å². The van der Waals surface area contributed by atoms with E-state index in [1.165, 1.54) is 0 Å². The van der Waals surface area contributed by atoms with E-state index in [4.69, 9.17) is 5.11 Å². The first-order valence-electron chi connectivity index (χ1n) is 8.43. The van der Waals surface area contributed by atoms with E-state index in [0.29, 0.717) is 19.6 Å². The van der Waals surface area contributed by atoms with E-state index < -0.39 is 5.97 Å². The van der Waals surface area contributed by atoms with Crippen LogP contribution in [0.15, 0.2) is 11.6 Å². The standard InChI is InChI=1S/C16H26N4O3S/c1-3-19(7-5-14-17-6-8-24-14)16(23)18-12-9-13(10-12)20(4-2)11-15(21)22/h6,8,12-13H,3-5,7,9-11H2,1-2H3,(H,18,23)(H,21,22). The van der Waals surface area contributed by atoms with Gasteiger partial charge in [-0.05, 0) is 26.3 Å². The summed E-state index contributed by atoms with van der Waals surface area (Å²) in [5.74, 6) is -0.802. The van der Waals surface area contributed by atoms with Gasteiger partial charge in [0.25, 0.3) is 0 Å². The van der Waals surface area contributed by atoms with Crippen LogP contribution in [0.5, 0.6) is 0 Å². The van der Waals surface area contributed by atoms with E-state index in [-0.39, 0.29) is 24.7 Å². The highest BCUT2D eigenvalue weighted by molar-refractivity contribution is 7.09. The minimum absolute atomic E-state index is 0.0428. The second-order valence-electron chi connectivity index (χ2n) is 5.98. The zero-order valence-corrected chi connectivity index (χ0v) is 15.1. The van der Waals surface area contributed by atoms with Crippen molar-refractivity contribution in [1.82, 2.24) is 20.1 Å². The maximum absolute atomic E-state index is 12.4. The van der Waals surface area contributed by atoms with Crippen molar-refractivity contribution in [2.24, 2.45) is 0 Å². The molecule has 0 saturated heterocycles. The van der Waals surface area contributed by atoms with Crippen LogP contribution in [0.1, 0.15) is 31.7 Å². The SMILES string of the molecule is CCN(CCc1nccs1)C(=O)NC1CC(N(CC)CC(=O)O)C1. The molecule has 0 aliphatic heterocycles. The van der Waals surface area contributed by atoms with Gasteiger partial charge >= 0.3 is 12.0 Å². The maximum atomic E-state index is 12.4. The fraction of sp³-hybridized carbons (Fsp3) is 0.688. The molecule has 2 rings (SSSR count). The molecule has 8 heteroatoms. The summed E-state index contributed by atoms with van der Waals surface area (Å²) in [7, 11) is 0. The third-order valence-electron chi connectivity index (χ3n) is 4.45. The summed E-state index contributed by atoms with van der Waals surface area (Å²) >= 11 is 1.60. The Labute approximate surface area is 146 Å². The summed E-state index contributed by atoms with van der Waals surface area (Å²) in [6.07, 6.45) is 4.18. The van der Waals surface area contributed by atoms with Crippen molar-refractivity contribution in [2.45, 2.75) is 45.2 Å². The number of hydrogen-bond donors (Lipinski definition) is 2. The zero-order valence-electron chi connectivity index (χ0n) is 14.3. The molecule has 1 aromatic rings. The zero-order chi connectivity index (χ0) is 17.5. The molecule has 2 N–H and O–H groups in total. The van der Waals surface area contributed by atoms with E-state index in [0.717, 1.165) is 24.3 Å². The van der Waals surface area contributed by atoms with Crippen molar-refractivity contribution in [3.05, 3.63) is 16.6 Å². The lowest BCUT2D eigenvalue weighted by molar-refractivity contribution is -0.139. The molecule has 0 unspecified atom stereocenters. The molecule has 24 heavy (non-hydrogen) atoms. The van der Waals surface area contributed by atoms with Crippen LogP contribution in [0.3, 0.4) is 0 Å². The molecule has 7 nitrogen and oxygen atoms in total. The second kappa shape index (κ2) is 8.98. The number of aromatic nitrogens is 1. The Bertz CT molecular complexity index is 531. The van der Waals surface area contributed by atoms with E-state index in [2.05, 4.69) is 10.3 Å². The molecule has 1 heterocycles. The second-order valence-corrected chi connectivity index (χ2v) is 6.96. The molecule has 1 aromatic heterocycles. The summed E-state index contributed by atoms with van der Waals surface area (Å²) in [4.78, 5) is 31.2. The Morgan fingerprint density at radius 1 is 1.38 bits per heavy atom. The Kier molecular flexibility index (Phi) is 6.99. The van der Waals surface area contributed by atoms with E-state index >= 15 is 0 Å². The van der Waals surface area contributed by atoms with Crippen LogP contribution in [-0.4, -0.2) is 70.2 Å². The van der Waals surface area contributed by atoms with Gasteiger partial charge in [0, 0.05) is 43.2 Å². The van der Waals surface area contributed by atoms with Crippen LogP contribution >= 0.6 is 11.3 Å². The summed E-state index contributed by atoms with van der Waals surface area (Å²) in [5, 5.41) is 15.0. The Hall–Kier alpha value is -1.67. The number of likely N-dealkylation sites (N-methyl/N-ethyl adjacent to an activating group) is 2. The van der Waals surface area contributed by atoms with Crippen LogP contribution < -0.4 is 5.32 Å². The van der Waals surface area contributed by atoms with Crippen LogP contribution in [0.25, 0.3) is 0 Å². The van der Waals surface area contributed by atoms with Gasteiger partial charge in [-0.25, -0.2) is 9.78 Å². The normalized spacial score (nSPS) is 19.8. The molecule has 0 aromatic carbocycles. The third-order valence-corrected chi connectivity index (χ3v) is 5.29. The first-order chi connectivity index (χ1) is 11.5. The molecule has 1 aliphatic carbocycles. The molecule has 134 valence electrons. The predicted molar refractivity (Wildman–Crippen MR) is 93.3 cm³/mol. The number of amides is 2. The third kappa shape index (κ3) is 5.17. The highest BCUT2D eigenvalue weighted by atomic mass is 32.1. The van der Waals surface area contributed by atoms with Gasteiger partial charge in [0.1, 0.15) is 0 Å². The first-order valence-corrected chi connectivity index (χ1v) is 9.31. The van der Waals surface area contributed by atoms with Gasteiger partial charge < -0.3 is 15.3 Å². The van der Waals surface area contributed by atoms with E-state index in [1.54, 1.807) is 22.4 Å². The highest BCUT2D eigenvalue weighted by Crippen LogP contribution is 2.25. The molecular formula is C16H26N4O3S. The quantitative estimate of drug-likeness (QED) is 0.704. The molecule has 0 atom stereocenters. The number of aliphatic carboxylic acids is 1. The topological polar surface area (TPSA) is 85.8 Å². The number of carboxylic acid groups (broad SMARTS) is 1. The van der Waals surface area contributed by atoms with Crippen molar-refractivity contribution in [1.29, 1.82) is 0 Å². The summed E-state index contributed by atoms with van der Waals surface area (Å²) in [6, 6.07) is 0.347. The van der Waals surface area contributed by atoms with Crippen molar-refractivity contribution in [2.75, 3.05) is 26.2 Å². The Balaban J connectivity index is 1.73. The number of nitrogens with one attached hydrogen (secondary N) is 1. The fourth-order valence-corrected chi connectivity index (χ4v) is 3.56. The Morgan fingerprint density at radius 3 is 2.67 bits per heavy atom. The molecule has 1 aliphatic rings. The lowest BCUT2D eigenvalue weighted by Gasteiger charge is -2.42. The molecule has 0 radical (unpaired) electrons. The van der Waals surface area contributed by atoms with Gasteiger partial charge in [-0.2, -0.15) is 0 Å². The Morgan fingerprint density at radius 2 is 2.12 bits per heavy atom. The smallest absolute Gasteiger partial charge is 0.317 e. The van der Waals surface area contributed by atoms with E-state index in [1.807, 2.05) is 24.1 Å². The van der Waals surface area contributed by atoms with Crippen molar-refractivity contribution >= 4 is 23.3 Å². The van der Waals surface area contributed by atoms with Crippen molar-refractivity contribution in [3.63, 3.8) is 0 Å². The molecule has 0 bridgehead atoms.